The largest absolute Gasteiger partial charge is 0.395 e. The molecule has 0 aliphatic carbocycles. The van der Waals surface area contributed by atoms with E-state index in [1.54, 1.807) is 0 Å². The predicted molar refractivity (Wildman–Crippen MR) is 68.9 cm³/mol. The van der Waals surface area contributed by atoms with E-state index in [9.17, 15) is 0 Å². The van der Waals surface area contributed by atoms with Gasteiger partial charge in [-0.25, -0.2) is 0 Å². The Bertz CT molecular complexity index is 347. The molecule has 2 nitrogen and oxygen atoms in total. The van der Waals surface area contributed by atoms with Gasteiger partial charge in [-0.15, -0.1) is 0 Å². The smallest absolute Gasteiger partial charge is 0.0558 e. The Labute approximate surface area is 98.9 Å². The molecule has 0 aliphatic rings. The maximum Gasteiger partial charge on any atom is 0.0558 e. The van der Waals surface area contributed by atoms with Crippen LogP contribution >= 0.6 is 0 Å². The minimum atomic E-state index is 0.238. The molecule has 90 valence electrons. The van der Waals surface area contributed by atoms with Crippen LogP contribution in [-0.2, 0) is 6.42 Å². The Morgan fingerprint density at radius 2 is 1.75 bits per heavy atom. The van der Waals surface area contributed by atoms with Gasteiger partial charge in [0.05, 0.1) is 6.61 Å². The summed E-state index contributed by atoms with van der Waals surface area (Å²) in [6.07, 6.45) is 1.06. The number of likely N-dealkylation sites (N-methyl/N-ethyl adjacent to an activating group) is 1. The number of nitrogens with zero attached hydrogens (tertiary/aromatic N) is 1. The van der Waals surface area contributed by atoms with Crippen LogP contribution in [0.1, 0.15) is 22.3 Å². The third kappa shape index (κ3) is 3.32. The number of rotatable bonds is 5. The zero-order chi connectivity index (χ0) is 12.1. The topological polar surface area (TPSA) is 23.5 Å². The summed E-state index contributed by atoms with van der Waals surface area (Å²) in [4.78, 5) is 2.16. The quantitative estimate of drug-likeness (QED) is 0.823. The average molecular weight is 221 g/mol. The first-order valence-corrected chi connectivity index (χ1v) is 5.91. The van der Waals surface area contributed by atoms with Gasteiger partial charge >= 0.3 is 0 Å². The number of aryl methyl sites for hydroxylation is 1. The highest BCUT2D eigenvalue weighted by Gasteiger charge is 2.05. The van der Waals surface area contributed by atoms with E-state index in [0.29, 0.717) is 0 Å². The SMILES string of the molecule is Cc1ccc(CCN(C)CCO)c(C)c1C. The lowest BCUT2D eigenvalue weighted by Gasteiger charge is -2.17. The third-order valence-electron chi connectivity index (χ3n) is 3.41. The molecule has 0 bridgehead atoms. The first-order chi connectivity index (χ1) is 7.56. The molecule has 0 unspecified atom stereocenters. The number of hydrogen-bond acceptors (Lipinski definition) is 2. The normalized spacial score (nSPS) is 11.1. The maximum atomic E-state index is 8.83. The zero-order valence-electron chi connectivity index (χ0n) is 10.9. The van der Waals surface area contributed by atoms with Crippen LogP contribution in [0, 0.1) is 20.8 Å². The summed E-state index contributed by atoms with van der Waals surface area (Å²) >= 11 is 0. The number of aliphatic hydroxyl groups is 1. The first-order valence-electron chi connectivity index (χ1n) is 5.91. The van der Waals surface area contributed by atoms with E-state index >= 15 is 0 Å². The average Bonchev–Trinajstić information content (AvgIpc) is 2.25. The number of benzene rings is 1. The molecular weight excluding hydrogens is 198 g/mol. The molecule has 1 aromatic rings. The minimum absolute atomic E-state index is 0.238. The second kappa shape index (κ2) is 6.02. The van der Waals surface area contributed by atoms with Crippen molar-refractivity contribution in [1.82, 2.24) is 4.90 Å². The van der Waals surface area contributed by atoms with Crippen molar-refractivity contribution >= 4 is 0 Å². The van der Waals surface area contributed by atoms with Crippen molar-refractivity contribution in [3.63, 3.8) is 0 Å². The standard InChI is InChI=1S/C14H23NO/c1-11-5-6-14(13(3)12(11)2)7-8-15(4)9-10-16/h5-6,16H,7-10H2,1-4H3. The molecule has 0 fully saturated rings. The van der Waals surface area contributed by atoms with Crippen LogP contribution < -0.4 is 0 Å². The van der Waals surface area contributed by atoms with Gasteiger partial charge in [-0.05, 0) is 56.5 Å². The summed E-state index contributed by atoms with van der Waals surface area (Å²) in [6, 6.07) is 4.42. The second-order valence-corrected chi connectivity index (χ2v) is 4.57. The molecule has 0 radical (unpaired) electrons. The fourth-order valence-corrected chi connectivity index (χ4v) is 1.88. The zero-order valence-corrected chi connectivity index (χ0v) is 10.9. The van der Waals surface area contributed by atoms with Gasteiger partial charge < -0.3 is 10.0 Å². The summed E-state index contributed by atoms with van der Waals surface area (Å²) < 4.78 is 0. The summed E-state index contributed by atoms with van der Waals surface area (Å²) in [7, 11) is 2.05. The summed E-state index contributed by atoms with van der Waals surface area (Å²) in [6.45, 7) is 8.54. The lowest BCUT2D eigenvalue weighted by atomic mass is 9.97. The van der Waals surface area contributed by atoms with Crippen LogP contribution in [0.25, 0.3) is 0 Å². The molecule has 0 amide bonds. The van der Waals surface area contributed by atoms with Gasteiger partial charge in [-0.2, -0.15) is 0 Å². The molecule has 1 N–H and O–H groups in total. The number of aliphatic hydroxyl groups excluding tert-OH is 1. The fourth-order valence-electron chi connectivity index (χ4n) is 1.88. The molecule has 0 saturated heterocycles. The second-order valence-electron chi connectivity index (χ2n) is 4.57. The van der Waals surface area contributed by atoms with E-state index in [0.717, 1.165) is 19.5 Å². The Morgan fingerprint density at radius 1 is 1.06 bits per heavy atom. The van der Waals surface area contributed by atoms with Crippen molar-refractivity contribution in [2.24, 2.45) is 0 Å². The van der Waals surface area contributed by atoms with E-state index in [1.807, 2.05) is 7.05 Å². The van der Waals surface area contributed by atoms with Gasteiger partial charge in [0.1, 0.15) is 0 Å². The van der Waals surface area contributed by atoms with Gasteiger partial charge in [-0.3, -0.25) is 0 Å². The van der Waals surface area contributed by atoms with Crippen LogP contribution in [-0.4, -0.2) is 36.8 Å². The molecule has 1 aromatic carbocycles. The van der Waals surface area contributed by atoms with E-state index < -0.39 is 0 Å². The van der Waals surface area contributed by atoms with Gasteiger partial charge in [0.25, 0.3) is 0 Å². The van der Waals surface area contributed by atoms with Crippen LogP contribution in [0.5, 0.6) is 0 Å². The van der Waals surface area contributed by atoms with Gasteiger partial charge in [0.15, 0.2) is 0 Å². The van der Waals surface area contributed by atoms with Crippen LogP contribution in [0.15, 0.2) is 12.1 Å². The maximum absolute atomic E-state index is 8.83. The third-order valence-corrected chi connectivity index (χ3v) is 3.41. The van der Waals surface area contributed by atoms with Gasteiger partial charge in [-0.1, -0.05) is 12.1 Å². The molecule has 0 spiro atoms. The molecule has 1 rings (SSSR count). The van der Waals surface area contributed by atoms with Crippen molar-refractivity contribution in [2.45, 2.75) is 27.2 Å². The highest BCUT2D eigenvalue weighted by molar-refractivity contribution is 5.38. The lowest BCUT2D eigenvalue weighted by Crippen LogP contribution is -2.24. The highest BCUT2D eigenvalue weighted by Crippen LogP contribution is 2.17. The highest BCUT2D eigenvalue weighted by atomic mass is 16.3. The summed E-state index contributed by atoms with van der Waals surface area (Å²) in [5.41, 5.74) is 5.61. The Balaban J connectivity index is 2.64. The van der Waals surface area contributed by atoms with Crippen molar-refractivity contribution in [3.8, 4) is 0 Å². The molecule has 0 heterocycles. The lowest BCUT2D eigenvalue weighted by molar-refractivity contribution is 0.223. The van der Waals surface area contributed by atoms with Crippen molar-refractivity contribution < 1.29 is 5.11 Å². The van der Waals surface area contributed by atoms with Crippen molar-refractivity contribution in [2.75, 3.05) is 26.7 Å². The summed E-state index contributed by atoms with van der Waals surface area (Å²) in [5.74, 6) is 0. The predicted octanol–water partition coefficient (Wildman–Crippen LogP) is 2.08. The minimum Gasteiger partial charge on any atom is -0.395 e. The molecule has 0 aromatic heterocycles. The van der Waals surface area contributed by atoms with Crippen molar-refractivity contribution in [3.05, 3.63) is 34.4 Å². The van der Waals surface area contributed by atoms with Gasteiger partial charge in [0.2, 0.25) is 0 Å². The van der Waals surface area contributed by atoms with E-state index in [4.69, 9.17) is 5.11 Å². The molecule has 0 atom stereocenters. The van der Waals surface area contributed by atoms with Crippen LogP contribution in [0.2, 0.25) is 0 Å². The Hall–Kier alpha value is -0.860. The Morgan fingerprint density at radius 3 is 2.38 bits per heavy atom. The summed E-state index contributed by atoms with van der Waals surface area (Å²) in [5, 5.41) is 8.83. The van der Waals surface area contributed by atoms with E-state index in [2.05, 4.69) is 37.8 Å². The molecule has 16 heavy (non-hydrogen) atoms. The molecule has 0 saturated carbocycles. The van der Waals surface area contributed by atoms with Gasteiger partial charge in [0, 0.05) is 13.1 Å². The molecule has 2 heteroatoms. The fraction of sp³-hybridized carbons (Fsp3) is 0.571. The number of hydrogen-bond donors (Lipinski definition) is 1. The molecular formula is C14H23NO. The van der Waals surface area contributed by atoms with Crippen molar-refractivity contribution in [1.29, 1.82) is 0 Å². The van der Waals surface area contributed by atoms with E-state index in [-0.39, 0.29) is 6.61 Å². The Kier molecular flexibility index (Phi) is 4.97. The van der Waals surface area contributed by atoms with Crippen LogP contribution in [0.3, 0.4) is 0 Å². The monoisotopic (exact) mass is 221 g/mol. The van der Waals surface area contributed by atoms with Crippen LogP contribution in [0.4, 0.5) is 0 Å². The first kappa shape index (κ1) is 13.2. The van der Waals surface area contributed by atoms with E-state index in [1.165, 1.54) is 22.3 Å². The molecule has 0 aliphatic heterocycles.